The van der Waals surface area contributed by atoms with Gasteiger partial charge in [-0.15, -0.1) is 0 Å². The molecule has 29 heavy (non-hydrogen) atoms. The van der Waals surface area contributed by atoms with Gasteiger partial charge >= 0.3 is 0 Å². The summed E-state index contributed by atoms with van der Waals surface area (Å²) in [5, 5.41) is 0. The third-order valence-electron chi connectivity index (χ3n) is 4.63. The molecule has 1 aliphatic heterocycles. The fraction of sp³-hybridized carbons (Fsp3) is 0.217. The van der Waals surface area contributed by atoms with Crippen molar-refractivity contribution in [2.24, 2.45) is 0 Å². The van der Waals surface area contributed by atoms with Crippen LogP contribution in [0.5, 0.6) is 5.75 Å². The summed E-state index contributed by atoms with van der Waals surface area (Å²) in [6, 6.07) is 21.5. The minimum absolute atomic E-state index is 0.167. The zero-order chi connectivity index (χ0) is 20.4. The molecule has 1 fully saturated rings. The number of benzene rings is 3. The highest BCUT2D eigenvalue weighted by molar-refractivity contribution is 7.93. The third kappa shape index (κ3) is 4.44. The topological polar surface area (TPSA) is 59.1 Å². The molecule has 0 aromatic heterocycles. The van der Waals surface area contributed by atoms with Gasteiger partial charge in [-0.1, -0.05) is 24.3 Å². The maximum absolute atomic E-state index is 13.6. The van der Waals surface area contributed by atoms with Crippen LogP contribution in [0.3, 0.4) is 0 Å². The van der Waals surface area contributed by atoms with Crippen LogP contribution in [-0.4, -0.2) is 27.7 Å². The lowest BCUT2D eigenvalue weighted by molar-refractivity contribution is 0.263. The molecule has 0 saturated carbocycles. The first kappa shape index (κ1) is 19.5. The molecule has 0 spiro atoms. The molecular weight excluding hydrogens is 386 g/mol. The molecule has 5 nitrogen and oxygen atoms in total. The molecule has 3 aromatic rings. The first-order valence-corrected chi connectivity index (χ1v) is 10.9. The Bertz CT molecular complexity index is 1070. The number of sulfonamides is 1. The van der Waals surface area contributed by atoms with Gasteiger partial charge in [0, 0.05) is 0 Å². The maximum Gasteiger partial charge on any atom is 0.268 e. The molecule has 6 heteroatoms. The normalized spacial score (nSPS) is 15.7. The Labute approximate surface area is 171 Å². The van der Waals surface area contributed by atoms with Crippen molar-refractivity contribution in [3.8, 4) is 5.75 Å². The highest BCUT2D eigenvalue weighted by Crippen LogP contribution is 2.34. The summed E-state index contributed by atoms with van der Waals surface area (Å²) in [6.07, 6.45) is 0.167. The van der Waals surface area contributed by atoms with Crippen LogP contribution in [0, 0.1) is 13.8 Å². The molecule has 1 aliphatic rings. The number of rotatable bonds is 7. The van der Waals surface area contributed by atoms with Crippen molar-refractivity contribution in [2.75, 3.05) is 17.5 Å². The summed E-state index contributed by atoms with van der Waals surface area (Å²) in [4.78, 5) is 0.269. The second-order valence-corrected chi connectivity index (χ2v) is 8.98. The average Bonchev–Trinajstić information content (AvgIpc) is 3.52. The van der Waals surface area contributed by atoms with Crippen molar-refractivity contribution >= 4 is 21.4 Å². The van der Waals surface area contributed by atoms with Gasteiger partial charge in [0.2, 0.25) is 0 Å². The number of aryl methyl sites for hydroxylation is 2. The first-order valence-electron chi connectivity index (χ1n) is 9.47. The Morgan fingerprint density at radius 1 is 0.931 bits per heavy atom. The number of epoxide rings is 1. The maximum atomic E-state index is 13.6. The minimum atomic E-state index is -3.81. The molecule has 1 heterocycles. The molecule has 1 unspecified atom stereocenters. The van der Waals surface area contributed by atoms with Crippen molar-refractivity contribution in [3.63, 3.8) is 0 Å². The van der Waals surface area contributed by atoms with Crippen LogP contribution in [0.15, 0.2) is 77.7 Å². The number of para-hydroxylation sites is 1. The predicted molar refractivity (Wildman–Crippen MR) is 113 cm³/mol. The molecule has 150 valence electrons. The molecule has 1 saturated heterocycles. The Kier molecular flexibility index (Phi) is 5.30. The van der Waals surface area contributed by atoms with Gasteiger partial charge in [-0.3, -0.25) is 0 Å². The van der Waals surface area contributed by atoms with Gasteiger partial charge in [0.25, 0.3) is 10.0 Å². The van der Waals surface area contributed by atoms with E-state index in [1.165, 1.54) is 4.31 Å². The summed E-state index contributed by atoms with van der Waals surface area (Å²) in [6.45, 7) is 5.03. The van der Waals surface area contributed by atoms with E-state index in [0.717, 1.165) is 17.7 Å². The van der Waals surface area contributed by atoms with Gasteiger partial charge in [-0.05, 0) is 73.5 Å². The minimum Gasteiger partial charge on any atom is -0.491 e. The van der Waals surface area contributed by atoms with Gasteiger partial charge in [0.05, 0.1) is 22.9 Å². The van der Waals surface area contributed by atoms with Crippen molar-refractivity contribution in [1.82, 2.24) is 0 Å². The van der Waals surface area contributed by atoms with Crippen LogP contribution in [0.1, 0.15) is 11.1 Å². The Hall–Kier alpha value is -2.83. The van der Waals surface area contributed by atoms with Gasteiger partial charge in [0.15, 0.2) is 0 Å². The quantitative estimate of drug-likeness (QED) is 0.535. The zero-order valence-electron chi connectivity index (χ0n) is 16.4. The number of hydrogen-bond acceptors (Lipinski definition) is 4. The van der Waals surface area contributed by atoms with E-state index in [2.05, 4.69) is 0 Å². The smallest absolute Gasteiger partial charge is 0.268 e. The monoisotopic (exact) mass is 409 g/mol. The molecule has 0 bridgehead atoms. The molecule has 0 radical (unpaired) electrons. The van der Waals surface area contributed by atoms with E-state index in [9.17, 15) is 8.42 Å². The second-order valence-electron chi connectivity index (χ2n) is 7.19. The van der Waals surface area contributed by atoms with Gasteiger partial charge < -0.3 is 9.47 Å². The van der Waals surface area contributed by atoms with Crippen LogP contribution in [-0.2, 0) is 14.8 Å². The van der Waals surface area contributed by atoms with Gasteiger partial charge in [-0.2, -0.15) is 0 Å². The molecule has 4 rings (SSSR count). The number of nitrogens with zero attached hydrogens (tertiary/aromatic N) is 1. The Morgan fingerprint density at radius 2 is 1.52 bits per heavy atom. The summed E-state index contributed by atoms with van der Waals surface area (Å²) in [7, 11) is -3.81. The first-order chi connectivity index (χ1) is 13.9. The highest BCUT2D eigenvalue weighted by atomic mass is 32.2. The van der Waals surface area contributed by atoms with E-state index in [4.69, 9.17) is 9.47 Å². The SMILES string of the molecule is Cc1cc(C)cc(S(=O)(=O)N(c2ccccc2)c2ccc(OCC3CO3)cc2)c1. The van der Waals surface area contributed by atoms with Crippen molar-refractivity contribution in [1.29, 1.82) is 0 Å². The van der Waals surface area contributed by atoms with Crippen molar-refractivity contribution < 1.29 is 17.9 Å². The standard InChI is InChI=1S/C23H23NO4S/c1-17-12-18(2)14-23(13-17)29(25,26)24(19-6-4-3-5-7-19)20-8-10-21(11-9-20)27-15-22-16-28-22/h3-14,22H,15-16H2,1-2H3. The van der Waals surface area contributed by atoms with Gasteiger partial charge in [0.1, 0.15) is 18.5 Å². The molecule has 1 atom stereocenters. The van der Waals surface area contributed by atoms with Crippen LogP contribution in [0.25, 0.3) is 0 Å². The molecular formula is C23H23NO4S. The largest absolute Gasteiger partial charge is 0.491 e. The summed E-state index contributed by atoms with van der Waals surface area (Å²) < 4.78 is 39.4. The molecule has 0 aliphatic carbocycles. The lowest BCUT2D eigenvalue weighted by Gasteiger charge is -2.25. The van der Waals surface area contributed by atoms with E-state index >= 15 is 0 Å². The fourth-order valence-electron chi connectivity index (χ4n) is 3.21. The summed E-state index contributed by atoms with van der Waals surface area (Å²) in [5.41, 5.74) is 2.93. The number of ether oxygens (including phenoxy) is 2. The van der Waals surface area contributed by atoms with Crippen LogP contribution in [0.4, 0.5) is 11.4 Å². The van der Waals surface area contributed by atoms with Crippen molar-refractivity contribution in [3.05, 3.63) is 83.9 Å². The average molecular weight is 410 g/mol. The van der Waals surface area contributed by atoms with Crippen LogP contribution >= 0.6 is 0 Å². The van der Waals surface area contributed by atoms with Crippen molar-refractivity contribution in [2.45, 2.75) is 24.8 Å². The lowest BCUT2D eigenvalue weighted by Crippen LogP contribution is -2.26. The van der Waals surface area contributed by atoms with E-state index in [-0.39, 0.29) is 11.0 Å². The van der Waals surface area contributed by atoms with E-state index < -0.39 is 10.0 Å². The summed E-state index contributed by atoms with van der Waals surface area (Å²) in [5.74, 6) is 0.682. The van der Waals surface area contributed by atoms with Crippen LogP contribution < -0.4 is 9.04 Å². The Morgan fingerprint density at radius 3 is 2.10 bits per heavy atom. The zero-order valence-corrected chi connectivity index (χ0v) is 17.2. The lowest BCUT2D eigenvalue weighted by atomic mass is 10.2. The molecule has 0 amide bonds. The second kappa shape index (κ2) is 7.89. The van der Waals surface area contributed by atoms with E-state index in [0.29, 0.717) is 23.7 Å². The van der Waals surface area contributed by atoms with Gasteiger partial charge in [-0.25, -0.2) is 12.7 Å². The van der Waals surface area contributed by atoms with Crippen LogP contribution in [0.2, 0.25) is 0 Å². The number of hydrogen-bond donors (Lipinski definition) is 0. The van der Waals surface area contributed by atoms with E-state index in [1.54, 1.807) is 48.5 Å². The molecule has 0 N–H and O–H groups in total. The summed E-state index contributed by atoms with van der Waals surface area (Å²) >= 11 is 0. The predicted octanol–water partition coefficient (Wildman–Crippen LogP) is 4.61. The molecule has 3 aromatic carbocycles. The fourth-order valence-corrected chi connectivity index (χ4v) is 4.89. The number of anilines is 2. The highest BCUT2D eigenvalue weighted by Gasteiger charge is 2.27. The van der Waals surface area contributed by atoms with E-state index in [1.807, 2.05) is 38.1 Å². The third-order valence-corrected chi connectivity index (χ3v) is 6.37. The Balaban J connectivity index is 1.73.